The average molecular weight is 661 g/mol. The highest BCUT2D eigenvalue weighted by Gasteiger charge is 2.36. The van der Waals surface area contributed by atoms with Crippen LogP contribution in [0.5, 0.6) is 0 Å². The summed E-state index contributed by atoms with van der Waals surface area (Å²) in [5.41, 5.74) is 0.449. The fraction of sp³-hybridized carbons (Fsp3) is 0.172. The Balaban J connectivity index is 1.44. The SMILES string of the molecule is CCCCOC(=O)c1cc(NC(=O)CN2C(=O)S/C(=C\c3ccc(Sc4ccc(Cl)cc4)c([N+](=O)[O-])c3)C2=O)ccc1Cl. The summed E-state index contributed by atoms with van der Waals surface area (Å²) in [5, 5.41) is 14.3. The van der Waals surface area contributed by atoms with Gasteiger partial charge >= 0.3 is 5.97 Å². The van der Waals surface area contributed by atoms with Gasteiger partial charge in [-0.1, -0.05) is 54.4 Å². The summed E-state index contributed by atoms with van der Waals surface area (Å²) in [6.45, 7) is 1.60. The molecule has 0 atom stereocenters. The third-order valence-corrected chi connectivity index (χ3v) is 8.46. The third-order valence-electron chi connectivity index (χ3n) is 5.90. The zero-order chi connectivity index (χ0) is 31.1. The fourth-order valence-corrected chi connectivity index (χ4v) is 5.82. The van der Waals surface area contributed by atoms with Gasteiger partial charge in [0.25, 0.3) is 16.8 Å². The smallest absolute Gasteiger partial charge is 0.339 e. The minimum atomic E-state index is -0.719. The number of imide groups is 1. The van der Waals surface area contributed by atoms with Crippen molar-refractivity contribution in [3.8, 4) is 0 Å². The number of nitrogens with one attached hydrogen (secondary N) is 1. The molecule has 1 saturated heterocycles. The lowest BCUT2D eigenvalue weighted by atomic mass is 10.2. The maximum absolute atomic E-state index is 13.0. The van der Waals surface area contributed by atoms with Gasteiger partial charge < -0.3 is 10.1 Å². The van der Waals surface area contributed by atoms with E-state index in [4.69, 9.17) is 27.9 Å². The molecule has 43 heavy (non-hydrogen) atoms. The molecule has 0 unspecified atom stereocenters. The van der Waals surface area contributed by atoms with Crippen LogP contribution in [-0.4, -0.2) is 46.0 Å². The van der Waals surface area contributed by atoms with Crippen molar-refractivity contribution in [3.63, 3.8) is 0 Å². The first-order valence-corrected chi connectivity index (χ1v) is 15.2. The Hall–Kier alpha value is -3.84. The van der Waals surface area contributed by atoms with E-state index in [0.29, 0.717) is 33.7 Å². The minimum absolute atomic E-state index is 0.00815. The molecule has 3 amide bonds. The molecule has 1 fully saturated rings. The van der Waals surface area contributed by atoms with E-state index in [9.17, 15) is 29.3 Å². The van der Waals surface area contributed by atoms with Gasteiger partial charge in [-0.25, -0.2) is 4.79 Å². The molecule has 14 heteroatoms. The number of nitrogens with zero attached hydrogens (tertiary/aromatic N) is 2. The number of carbonyl (C=O) groups excluding carboxylic acids is 4. The Labute approximate surface area is 264 Å². The Bertz CT molecular complexity index is 1630. The number of halogens is 2. The summed E-state index contributed by atoms with van der Waals surface area (Å²) in [5.74, 6) is -2.04. The van der Waals surface area contributed by atoms with E-state index in [2.05, 4.69) is 5.32 Å². The van der Waals surface area contributed by atoms with Crippen LogP contribution in [0.25, 0.3) is 6.08 Å². The molecule has 0 aromatic heterocycles. The number of carbonyl (C=O) groups is 4. The summed E-state index contributed by atoms with van der Waals surface area (Å²) in [6, 6.07) is 15.5. The number of nitro groups is 1. The molecule has 10 nitrogen and oxygen atoms in total. The predicted octanol–water partition coefficient (Wildman–Crippen LogP) is 7.68. The van der Waals surface area contributed by atoms with Gasteiger partial charge in [0.2, 0.25) is 5.91 Å². The van der Waals surface area contributed by atoms with Crippen molar-refractivity contribution in [2.24, 2.45) is 0 Å². The van der Waals surface area contributed by atoms with Crippen LogP contribution in [0.1, 0.15) is 35.7 Å². The zero-order valence-electron chi connectivity index (χ0n) is 22.5. The molecule has 0 spiro atoms. The maximum Gasteiger partial charge on any atom is 0.339 e. The minimum Gasteiger partial charge on any atom is -0.462 e. The molecule has 1 aliphatic heterocycles. The summed E-state index contributed by atoms with van der Waals surface area (Å²) in [7, 11) is 0. The normalized spacial score (nSPS) is 13.8. The highest BCUT2D eigenvalue weighted by atomic mass is 35.5. The number of hydrogen-bond donors (Lipinski definition) is 1. The molecule has 0 saturated carbocycles. The average Bonchev–Trinajstić information content (AvgIpc) is 3.23. The van der Waals surface area contributed by atoms with Crippen LogP contribution in [0.3, 0.4) is 0 Å². The summed E-state index contributed by atoms with van der Waals surface area (Å²) < 4.78 is 5.18. The highest BCUT2D eigenvalue weighted by Crippen LogP contribution is 2.38. The first-order valence-electron chi connectivity index (χ1n) is 12.8. The topological polar surface area (TPSA) is 136 Å². The summed E-state index contributed by atoms with van der Waals surface area (Å²) >= 11 is 13.8. The van der Waals surface area contributed by atoms with Crippen molar-refractivity contribution in [1.29, 1.82) is 0 Å². The van der Waals surface area contributed by atoms with Crippen molar-refractivity contribution in [2.45, 2.75) is 29.6 Å². The molecule has 0 radical (unpaired) electrons. The van der Waals surface area contributed by atoms with Crippen molar-refractivity contribution >= 4 is 87.2 Å². The van der Waals surface area contributed by atoms with Crippen molar-refractivity contribution in [2.75, 3.05) is 18.5 Å². The fourth-order valence-electron chi connectivity index (χ4n) is 3.76. The lowest BCUT2D eigenvalue weighted by Gasteiger charge is -2.13. The van der Waals surface area contributed by atoms with Gasteiger partial charge in [-0.3, -0.25) is 29.4 Å². The number of anilines is 1. The van der Waals surface area contributed by atoms with Gasteiger partial charge in [0.1, 0.15) is 6.54 Å². The van der Waals surface area contributed by atoms with E-state index in [1.807, 2.05) is 6.92 Å². The number of ether oxygens (including phenoxy) is 1. The Morgan fingerprint density at radius 1 is 1.09 bits per heavy atom. The number of nitro benzene ring substituents is 1. The van der Waals surface area contributed by atoms with E-state index in [1.54, 1.807) is 36.4 Å². The van der Waals surface area contributed by atoms with Crippen LogP contribution in [0.4, 0.5) is 16.2 Å². The molecular formula is C29H23Cl2N3O7S2. The second kappa shape index (κ2) is 14.6. The zero-order valence-corrected chi connectivity index (χ0v) is 25.6. The van der Waals surface area contributed by atoms with Crippen LogP contribution < -0.4 is 5.32 Å². The number of amides is 3. The first kappa shape index (κ1) is 32.1. The lowest BCUT2D eigenvalue weighted by Crippen LogP contribution is -2.36. The molecule has 4 rings (SSSR count). The van der Waals surface area contributed by atoms with Gasteiger partial charge in [-0.2, -0.15) is 0 Å². The third kappa shape index (κ3) is 8.38. The van der Waals surface area contributed by atoms with Crippen molar-refractivity contribution in [1.82, 2.24) is 4.90 Å². The molecule has 0 bridgehead atoms. The van der Waals surface area contributed by atoms with E-state index >= 15 is 0 Å². The number of esters is 1. The molecule has 1 aliphatic rings. The summed E-state index contributed by atoms with van der Waals surface area (Å²) in [4.78, 5) is 63.8. The van der Waals surface area contributed by atoms with Gasteiger partial charge in [0, 0.05) is 21.7 Å². The lowest BCUT2D eigenvalue weighted by molar-refractivity contribution is -0.387. The van der Waals surface area contributed by atoms with Crippen molar-refractivity contribution < 1.29 is 28.8 Å². The van der Waals surface area contributed by atoms with Crippen LogP contribution in [0.15, 0.2) is 75.4 Å². The molecule has 0 aliphatic carbocycles. The molecular weight excluding hydrogens is 637 g/mol. The van der Waals surface area contributed by atoms with Crippen LogP contribution >= 0.6 is 46.7 Å². The second-order valence-electron chi connectivity index (χ2n) is 9.04. The number of rotatable bonds is 11. The van der Waals surface area contributed by atoms with Crippen molar-refractivity contribution in [3.05, 3.63) is 96.9 Å². The highest BCUT2D eigenvalue weighted by molar-refractivity contribution is 8.18. The largest absolute Gasteiger partial charge is 0.462 e. The molecule has 3 aromatic rings. The number of hydrogen-bond acceptors (Lipinski definition) is 9. The molecule has 222 valence electrons. The van der Waals surface area contributed by atoms with E-state index in [1.165, 1.54) is 42.1 Å². The van der Waals surface area contributed by atoms with Crippen LogP contribution in [0.2, 0.25) is 10.0 Å². The monoisotopic (exact) mass is 659 g/mol. The Morgan fingerprint density at radius 2 is 1.84 bits per heavy atom. The Kier molecular flexibility index (Phi) is 10.9. The van der Waals surface area contributed by atoms with Gasteiger partial charge in [-0.05, 0) is 78.4 Å². The number of benzene rings is 3. The Morgan fingerprint density at radius 3 is 2.53 bits per heavy atom. The summed E-state index contributed by atoms with van der Waals surface area (Å²) in [6.07, 6.45) is 2.90. The van der Waals surface area contributed by atoms with E-state index in [-0.39, 0.29) is 33.5 Å². The number of unbranched alkanes of at least 4 members (excludes halogenated alkanes) is 1. The second-order valence-corrected chi connectivity index (χ2v) is 12.0. The number of thioether (sulfide) groups is 1. The van der Waals surface area contributed by atoms with E-state index in [0.717, 1.165) is 16.2 Å². The molecule has 1 heterocycles. The first-order chi connectivity index (χ1) is 20.5. The van der Waals surface area contributed by atoms with Gasteiger partial charge in [-0.15, -0.1) is 0 Å². The maximum atomic E-state index is 13.0. The standard InChI is InChI=1S/C29H23Cl2N3O7S2/c1-2-3-12-41-28(37)21-15-19(7-10-22(21)31)32-26(35)16-33-27(36)25(43-29(33)38)14-17-4-11-24(23(13-17)34(39)40)42-20-8-5-18(30)6-9-20/h4-11,13-15H,2-3,12,16H2,1H3,(H,32,35)/b25-14-. The predicted molar refractivity (Wildman–Crippen MR) is 167 cm³/mol. The molecule has 3 aromatic carbocycles. The van der Waals surface area contributed by atoms with Crippen LogP contribution in [0, 0.1) is 10.1 Å². The quantitative estimate of drug-likeness (QED) is 0.0722. The van der Waals surface area contributed by atoms with Gasteiger partial charge in [0.05, 0.1) is 31.9 Å². The van der Waals surface area contributed by atoms with Crippen LogP contribution in [-0.2, 0) is 14.3 Å². The van der Waals surface area contributed by atoms with E-state index < -0.39 is 34.5 Å². The molecule has 1 N–H and O–H groups in total. The van der Waals surface area contributed by atoms with Gasteiger partial charge in [0.15, 0.2) is 0 Å².